The predicted molar refractivity (Wildman–Crippen MR) is 134 cm³/mol. The van der Waals surface area contributed by atoms with Crippen LogP contribution in [0.3, 0.4) is 0 Å². The van der Waals surface area contributed by atoms with E-state index in [-0.39, 0.29) is 31.3 Å². The second-order valence-electron chi connectivity index (χ2n) is 9.19. The Kier molecular flexibility index (Phi) is 6.48. The fourth-order valence-corrected chi connectivity index (χ4v) is 5.16. The lowest BCUT2D eigenvalue weighted by Gasteiger charge is -2.42. The monoisotopic (exact) mass is 534 g/mol. The number of aromatic nitrogens is 5. The van der Waals surface area contributed by atoms with Gasteiger partial charge >= 0.3 is 6.18 Å². The van der Waals surface area contributed by atoms with Gasteiger partial charge in [-0.1, -0.05) is 18.0 Å². The van der Waals surface area contributed by atoms with Crippen LogP contribution in [0.5, 0.6) is 0 Å². The molecule has 9 nitrogen and oxygen atoms in total. The number of fused-ring (bicyclic) bond motifs is 3. The number of nitrogens with one attached hydrogen (secondary N) is 3. The number of anilines is 1. The van der Waals surface area contributed by atoms with Gasteiger partial charge in [0.25, 0.3) is 0 Å². The Hall–Kier alpha value is -3.38. The minimum atomic E-state index is -4.41. The fourth-order valence-electron chi connectivity index (χ4n) is 4.95. The van der Waals surface area contributed by atoms with Crippen molar-refractivity contribution >= 4 is 23.6 Å². The Balaban J connectivity index is 1.59. The van der Waals surface area contributed by atoms with Gasteiger partial charge in [-0.3, -0.25) is 0 Å². The van der Waals surface area contributed by atoms with Gasteiger partial charge in [-0.15, -0.1) is 10.2 Å². The minimum Gasteiger partial charge on any atom is -0.378 e. The summed E-state index contributed by atoms with van der Waals surface area (Å²) in [6, 6.07) is 3.62. The van der Waals surface area contributed by atoms with Crippen molar-refractivity contribution in [3.05, 3.63) is 47.3 Å². The zero-order chi connectivity index (χ0) is 26.4. The summed E-state index contributed by atoms with van der Waals surface area (Å²) in [4.78, 5) is 4.30. The van der Waals surface area contributed by atoms with Crippen LogP contribution in [0.25, 0.3) is 22.6 Å². The maximum Gasteiger partial charge on any atom is 0.401 e. The molecule has 196 valence electrons. The van der Waals surface area contributed by atoms with E-state index in [4.69, 9.17) is 21.7 Å². The maximum atomic E-state index is 14.2. The van der Waals surface area contributed by atoms with E-state index in [9.17, 15) is 13.2 Å². The molecule has 1 aliphatic carbocycles. The van der Waals surface area contributed by atoms with E-state index in [2.05, 4.69) is 25.8 Å². The van der Waals surface area contributed by atoms with E-state index in [1.54, 1.807) is 30.9 Å². The summed E-state index contributed by atoms with van der Waals surface area (Å²) in [5.41, 5.74) is 0.0722. The average Bonchev–Trinajstić information content (AvgIpc) is 3.38. The molecule has 3 aromatic rings. The summed E-state index contributed by atoms with van der Waals surface area (Å²) in [7, 11) is 3.26. The van der Waals surface area contributed by atoms with Crippen molar-refractivity contribution < 1.29 is 17.9 Å². The normalized spacial score (nSPS) is 18.9. The van der Waals surface area contributed by atoms with Crippen molar-refractivity contribution in [2.45, 2.75) is 50.0 Å². The second kappa shape index (κ2) is 9.49. The number of ether oxygens (including phenoxy) is 1. The van der Waals surface area contributed by atoms with Crippen molar-refractivity contribution in [1.29, 1.82) is 5.41 Å². The van der Waals surface area contributed by atoms with E-state index >= 15 is 0 Å². The molecule has 13 heteroatoms. The smallest absolute Gasteiger partial charge is 0.378 e. The van der Waals surface area contributed by atoms with Gasteiger partial charge < -0.3 is 29.9 Å². The molecule has 3 aromatic heterocycles. The number of pyridine rings is 1. The van der Waals surface area contributed by atoms with Crippen molar-refractivity contribution in [3.8, 4) is 22.6 Å². The molecule has 37 heavy (non-hydrogen) atoms. The molecule has 5 rings (SSSR count). The third-order valence-electron chi connectivity index (χ3n) is 7.12. The van der Waals surface area contributed by atoms with Gasteiger partial charge in [0.05, 0.1) is 29.9 Å². The van der Waals surface area contributed by atoms with E-state index < -0.39 is 11.6 Å². The number of methoxy groups -OCH3 is 1. The lowest BCUT2D eigenvalue weighted by atomic mass is 9.67. The number of hydrogen-bond acceptors (Lipinski definition) is 7. The Morgan fingerprint density at radius 3 is 2.68 bits per heavy atom. The van der Waals surface area contributed by atoms with E-state index in [1.165, 1.54) is 6.20 Å². The third-order valence-corrected chi connectivity index (χ3v) is 7.42. The molecule has 0 bridgehead atoms. The second-order valence-corrected chi connectivity index (χ2v) is 9.59. The first-order valence-corrected chi connectivity index (χ1v) is 12.1. The van der Waals surface area contributed by atoms with Crippen LogP contribution in [-0.2, 0) is 23.2 Å². The molecule has 0 amide bonds. The number of alkyl halides is 3. The molecule has 0 saturated heterocycles. The Morgan fingerprint density at radius 1 is 1.27 bits per heavy atom. The lowest BCUT2D eigenvalue weighted by Crippen LogP contribution is -2.50. The average molecular weight is 535 g/mol. The summed E-state index contributed by atoms with van der Waals surface area (Å²) in [5, 5.41) is 22.0. The topological polar surface area (TPSA) is 106 Å². The molecule has 1 fully saturated rings. The van der Waals surface area contributed by atoms with E-state index in [0.29, 0.717) is 46.7 Å². The van der Waals surface area contributed by atoms with Gasteiger partial charge in [-0.25, -0.2) is 4.98 Å². The molecule has 0 spiro atoms. The van der Waals surface area contributed by atoms with E-state index in [0.717, 1.165) is 11.8 Å². The highest BCUT2D eigenvalue weighted by Gasteiger charge is 2.62. The van der Waals surface area contributed by atoms with Crippen LogP contribution in [-0.4, -0.2) is 57.0 Å². The number of rotatable bonds is 7. The van der Waals surface area contributed by atoms with Crippen LogP contribution in [0.15, 0.2) is 36.4 Å². The quantitative estimate of drug-likeness (QED) is 0.383. The fraction of sp³-hybridized carbons (Fsp3) is 0.417. The number of halogens is 4. The first-order valence-electron chi connectivity index (χ1n) is 11.8. The Morgan fingerprint density at radius 2 is 2.05 bits per heavy atom. The molecule has 3 N–H and O–H groups in total. The van der Waals surface area contributed by atoms with Crippen molar-refractivity contribution in [2.75, 3.05) is 19.5 Å². The number of nitrogens with zero attached hydrogens (tertiary/aromatic N) is 5. The van der Waals surface area contributed by atoms with Gasteiger partial charge in [0, 0.05) is 43.9 Å². The van der Waals surface area contributed by atoms with Crippen LogP contribution < -0.4 is 10.6 Å². The van der Waals surface area contributed by atoms with Crippen LogP contribution in [0.2, 0.25) is 5.02 Å². The first-order chi connectivity index (χ1) is 17.7. The van der Waals surface area contributed by atoms with Gasteiger partial charge in [-0.2, -0.15) is 13.2 Å². The van der Waals surface area contributed by atoms with Crippen LogP contribution in [0.4, 0.5) is 19.0 Å². The number of allylic oxidation sites excluding steroid dienone is 1. The standard InChI is InChI=1S/C24H26ClF3N8O/c1-30-19(4-7-29)32-20-9-16(17(25)10-31-20)14-8-18-21-33-34-22(23(5-3-6-23)24(26,27)28)36(21)13-15(37-2)12-35(18)11-14/h4,7-11,15,29-30H,3,5-6,12-13H2,1-2H3,(H,31,32)/b19-4+,29-7?/t15-/m1/s1. The molecule has 4 heterocycles. The summed E-state index contributed by atoms with van der Waals surface area (Å²) in [5.74, 6) is 1.39. The molecular formula is C24H26ClF3N8O. The first kappa shape index (κ1) is 25.3. The summed E-state index contributed by atoms with van der Waals surface area (Å²) in [6.45, 7) is 0.646. The summed E-state index contributed by atoms with van der Waals surface area (Å²) in [6.07, 6.45) is 1.79. The minimum absolute atomic E-state index is 0.00196. The summed E-state index contributed by atoms with van der Waals surface area (Å²) >= 11 is 6.51. The lowest BCUT2D eigenvalue weighted by molar-refractivity contribution is -0.216. The van der Waals surface area contributed by atoms with Gasteiger partial charge in [-0.05, 0) is 31.1 Å². The largest absolute Gasteiger partial charge is 0.401 e. The maximum absolute atomic E-state index is 14.2. The molecule has 1 saturated carbocycles. The Bertz CT molecular complexity index is 1360. The van der Waals surface area contributed by atoms with Crippen LogP contribution in [0, 0.1) is 5.41 Å². The molecule has 2 aliphatic rings. The van der Waals surface area contributed by atoms with Crippen LogP contribution in [0.1, 0.15) is 25.1 Å². The highest BCUT2D eigenvalue weighted by molar-refractivity contribution is 6.33. The van der Waals surface area contributed by atoms with Crippen molar-refractivity contribution in [3.63, 3.8) is 0 Å². The molecule has 1 aliphatic heterocycles. The predicted octanol–water partition coefficient (Wildman–Crippen LogP) is 4.60. The zero-order valence-electron chi connectivity index (χ0n) is 20.2. The van der Waals surface area contributed by atoms with Gasteiger partial charge in [0.1, 0.15) is 22.9 Å². The molecule has 0 unspecified atom stereocenters. The summed E-state index contributed by atoms with van der Waals surface area (Å²) < 4.78 is 51.7. The molecule has 0 radical (unpaired) electrons. The van der Waals surface area contributed by atoms with Crippen molar-refractivity contribution in [1.82, 2.24) is 29.6 Å². The van der Waals surface area contributed by atoms with Crippen LogP contribution >= 0.6 is 11.6 Å². The molecule has 0 aromatic carbocycles. The van der Waals surface area contributed by atoms with Gasteiger partial charge in [0.2, 0.25) is 0 Å². The SMILES string of the molecule is CN/C(=C\C=N)Nc1cc(-c2cc3n(c2)C[C@@H](OC)Cn2c-3nnc2C2(C(F)(F)F)CCC2)c(Cl)cn1. The third kappa shape index (κ3) is 4.27. The number of hydrogen-bond donors (Lipinski definition) is 3. The highest BCUT2D eigenvalue weighted by Crippen LogP contribution is 2.54. The Labute approximate surface area is 216 Å². The van der Waals surface area contributed by atoms with Gasteiger partial charge in [0.15, 0.2) is 5.82 Å². The molecule has 1 atom stereocenters. The highest BCUT2D eigenvalue weighted by atomic mass is 35.5. The molecular weight excluding hydrogens is 509 g/mol. The van der Waals surface area contributed by atoms with E-state index in [1.807, 2.05) is 16.8 Å². The zero-order valence-corrected chi connectivity index (χ0v) is 21.0. The van der Waals surface area contributed by atoms with Crippen molar-refractivity contribution in [2.24, 2.45) is 0 Å².